The summed E-state index contributed by atoms with van der Waals surface area (Å²) in [4.78, 5) is 25.6. The Hall–Kier alpha value is -2.37. The van der Waals surface area contributed by atoms with Gasteiger partial charge in [-0.05, 0) is 37.1 Å². The van der Waals surface area contributed by atoms with Gasteiger partial charge in [0.1, 0.15) is 19.4 Å². The minimum absolute atomic E-state index is 0.0363. The lowest BCUT2D eigenvalue weighted by molar-refractivity contribution is 0.0964. The Morgan fingerprint density at radius 2 is 2.04 bits per heavy atom. The van der Waals surface area contributed by atoms with Crippen LogP contribution in [-0.4, -0.2) is 31.2 Å². The van der Waals surface area contributed by atoms with E-state index >= 15 is 0 Å². The van der Waals surface area contributed by atoms with Crippen LogP contribution in [0.5, 0.6) is 0 Å². The van der Waals surface area contributed by atoms with E-state index in [9.17, 15) is 14.0 Å². The van der Waals surface area contributed by atoms with E-state index in [4.69, 9.17) is 7.85 Å². The number of nitrogens with zero attached hydrogens (tertiary/aromatic N) is 2. The zero-order chi connectivity index (χ0) is 16.7. The van der Waals surface area contributed by atoms with Crippen LogP contribution in [-0.2, 0) is 13.0 Å². The molecule has 1 aliphatic rings. The summed E-state index contributed by atoms with van der Waals surface area (Å²) in [6.45, 7) is 4.99. The van der Waals surface area contributed by atoms with Gasteiger partial charge in [0.2, 0.25) is 0 Å². The fourth-order valence-electron chi connectivity index (χ4n) is 3.27. The summed E-state index contributed by atoms with van der Waals surface area (Å²) in [5, 5.41) is 0. The van der Waals surface area contributed by atoms with Gasteiger partial charge in [-0.3, -0.25) is 9.59 Å². The quantitative estimate of drug-likeness (QED) is 0.640. The molecule has 0 aliphatic carbocycles. The second-order valence-electron chi connectivity index (χ2n) is 5.67. The molecule has 0 unspecified atom stereocenters. The van der Waals surface area contributed by atoms with E-state index in [1.165, 1.54) is 11.0 Å². The average Bonchev–Trinajstić information content (AvgIpc) is 2.83. The van der Waals surface area contributed by atoms with E-state index in [0.29, 0.717) is 25.1 Å². The minimum Gasteiger partial charge on any atom is -0.339 e. The van der Waals surface area contributed by atoms with Crippen LogP contribution in [0.4, 0.5) is 10.1 Å². The average molecular weight is 310 g/mol. The van der Waals surface area contributed by atoms with Gasteiger partial charge in [0, 0.05) is 24.3 Å². The van der Waals surface area contributed by atoms with Crippen molar-refractivity contribution in [3.05, 3.63) is 46.5 Å². The van der Waals surface area contributed by atoms with Crippen molar-refractivity contribution in [3.8, 4) is 0 Å². The number of aryl methyl sites for hydroxylation is 1. The number of rotatable bonds is 3. The zero-order valence-electron chi connectivity index (χ0n) is 13.1. The zero-order valence-corrected chi connectivity index (χ0v) is 13.1. The molecule has 0 fully saturated rings. The molecule has 4 nitrogen and oxygen atoms in total. The van der Waals surface area contributed by atoms with Crippen LogP contribution in [0.25, 0.3) is 0 Å². The normalized spacial score (nSPS) is 14.0. The SMILES string of the molecule is [B]c1cc(F)cc(N2CCn3c(cc(C)c3CC)C2=O)c1C=O. The predicted molar refractivity (Wildman–Crippen MR) is 87.4 cm³/mol. The van der Waals surface area contributed by atoms with Crippen LogP contribution in [0.15, 0.2) is 18.2 Å². The molecular formula is C17H16BFN2O2. The molecular weight excluding hydrogens is 294 g/mol. The third-order valence-corrected chi connectivity index (χ3v) is 4.34. The lowest BCUT2D eigenvalue weighted by Gasteiger charge is -2.30. The van der Waals surface area contributed by atoms with Crippen LogP contribution in [0, 0.1) is 12.7 Å². The third-order valence-electron chi connectivity index (χ3n) is 4.34. The number of halogens is 1. The minimum atomic E-state index is -0.567. The lowest BCUT2D eigenvalue weighted by atomic mass is 9.89. The first-order chi connectivity index (χ1) is 11.0. The molecule has 0 spiro atoms. The molecule has 0 saturated heterocycles. The molecule has 0 bridgehead atoms. The molecule has 6 heteroatoms. The van der Waals surface area contributed by atoms with E-state index in [-0.39, 0.29) is 22.6 Å². The van der Waals surface area contributed by atoms with Crippen LogP contribution in [0.3, 0.4) is 0 Å². The summed E-state index contributed by atoms with van der Waals surface area (Å²) < 4.78 is 15.7. The van der Waals surface area contributed by atoms with Gasteiger partial charge in [-0.15, -0.1) is 0 Å². The van der Waals surface area contributed by atoms with Crippen molar-refractivity contribution in [2.75, 3.05) is 11.4 Å². The Labute approximate surface area is 135 Å². The Bertz CT molecular complexity index is 813. The highest BCUT2D eigenvalue weighted by Gasteiger charge is 2.29. The number of aromatic nitrogens is 1. The van der Waals surface area contributed by atoms with Gasteiger partial charge in [-0.25, -0.2) is 4.39 Å². The van der Waals surface area contributed by atoms with Crippen molar-refractivity contribution in [1.29, 1.82) is 0 Å². The van der Waals surface area contributed by atoms with E-state index in [1.54, 1.807) is 0 Å². The monoisotopic (exact) mass is 310 g/mol. The second kappa shape index (κ2) is 5.68. The van der Waals surface area contributed by atoms with Crippen LogP contribution < -0.4 is 10.4 Å². The van der Waals surface area contributed by atoms with Crippen LogP contribution in [0.1, 0.15) is 39.0 Å². The van der Waals surface area contributed by atoms with Gasteiger partial charge in [-0.1, -0.05) is 12.4 Å². The van der Waals surface area contributed by atoms with Gasteiger partial charge in [-0.2, -0.15) is 0 Å². The molecule has 0 N–H and O–H groups in total. The highest BCUT2D eigenvalue weighted by atomic mass is 19.1. The lowest BCUT2D eigenvalue weighted by Crippen LogP contribution is -2.41. The second-order valence-corrected chi connectivity index (χ2v) is 5.67. The summed E-state index contributed by atoms with van der Waals surface area (Å²) in [7, 11) is 5.71. The molecule has 23 heavy (non-hydrogen) atoms. The Morgan fingerprint density at radius 1 is 1.30 bits per heavy atom. The number of anilines is 1. The summed E-state index contributed by atoms with van der Waals surface area (Å²) in [5.74, 6) is -0.811. The summed E-state index contributed by atoms with van der Waals surface area (Å²) in [6, 6.07) is 4.12. The van der Waals surface area contributed by atoms with Crippen molar-refractivity contribution in [2.45, 2.75) is 26.8 Å². The number of carbonyl (C=O) groups is 2. The molecule has 1 aromatic carbocycles. The third kappa shape index (κ3) is 2.38. The first-order valence-corrected chi connectivity index (χ1v) is 7.53. The molecule has 1 aliphatic heterocycles. The number of hydrogen-bond acceptors (Lipinski definition) is 2. The standard InChI is InChI=1S/C17H16BFN2O2/c1-3-14-10(2)6-16-17(23)21(5-4-20(14)16)15-8-11(19)7-13(18)12(15)9-22/h6-9H,3-5H2,1-2H3. The van der Waals surface area contributed by atoms with Crippen molar-refractivity contribution < 1.29 is 14.0 Å². The summed E-state index contributed by atoms with van der Waals surface area (Å²) in [6.07, 6.45) is 1.40. The maximum absolute atomic E-state index is 13.7. The molecule has 2 heterocycles. The number of carbonyl (C=O) groups excluding carboxylic acids is 2. The van der Waals surface area contributed by atoms with E-state index in [2.05, 4.69) is 0 Å². The number of aldehydes is 1. The highest BCUT2D eigenvalue weighted by molar-refractivity contribution is 6.36. The molecule has 1 amide bonds. The summed E-state index contributed by atoms with van der Waals surface area (Å²) in [5.41, 5.74) is 3.16. The predicted octanol–water partition coefficient (Wildman–Crippen LogP) is 1.76. The first-order valence-electron chi connectivity index (χ1n) is 7.53. The maximum atomic E-state index is 13.7. The van der Waals surface area contributed by atoms with Gasteiger partial charge >= 0.3 is 0 Å². The van der Waals surface area contributed by atoms with E-state index in [0.717, 1.165) is 23.7 Å². The molecule has 3 rings (SSSR count). The van der Waals surface area contributed by atoms with E-state index < -0.39 is 5.82 Å². The molecule has 1 aromatic heterocycles. The van der Waals surface area contributed by atoms with Gasteiger partial charge < -0.3 is 9.47 Å². The molecule has 2 radical (unpaired) electrons. The Balaban J connectivity index is 2.10. The molecule has 2 aromatic rings. The molecule has 0 atom stereocenters. The van der Waals surface area contributed by atoms with Crippen molar-refractivity contribution in [3.63, 3.8) is 0 Å². The van der Waals surface area contributed by atoms with E-state index in [1.807, 2.05) is 24.5 Å². The smallest absolute Gasteiger partial charge is 0.274 e. The van der Waals surface area contributed by atoms with Gasteiger partial charge in [0.15, 0.2) is 6.29 Å². The molecule has 116 valence electrons. The number of hydrogen-bond donors (Lipinski definition) is 0. The fourth-order valence-corrected chi connectivity index (χ4v) is 3.27. The van der Waals surface area contributed by atoms with Crippen molar-refractivity contribution in [2.24, 2.45) is 0 Å². The highest BCUT2D eigenvalue weighted by Crippen LogP contribution is 2.27. The Morgan fingerprint density at radius 3 is 2.70 bits per heavy atom. The van der Waals surface area contributed by atoms with Crippen molar-refractivity contribution >= 4 is 31.2 Å². The number of fused-ring (bicyclic) bond motifs is 1. The maximum Gasteiger partial charge on any atom is 0.274 e. The fraction of sp³-hybridized carbons (Fsp3) is 0.294. The van der Waals surface area contributed by atoms with Gasteiger partial charge in [0.05, 0.1) is 5.69 Å². The van der Waals surface area contributed by atoms with Crippen LogP contribution in [0.2, 0.25) is 0 Å². The number of benzene rings is 1. The summed E-state index contributed by atoms with van der Waals surface area (Å²) >= 11 is 0. The van der Waals surface area contributed by atoms with Crippen LogP contribution >= 0.6 is 0 Å². The topological polar surface area (TPSA) is 42.3 Å². The molecule has 0 saturated carbocycles. The largest absolute Gasteiger partial charge is 0.339 e. The Kier molecular flexibility index (Phi) is 3.84. The van der Waals surface area contributed by atoms with Crippen molar-refractivity contribution in [1.82, 2.24) is 4.57 Å². The first kappa shape index (κ1) is 15.5. The number of amides is 1. The van der Waals surface area contributed by atoms with Gasteiger partial charge in [0.25, 0.3) is 5.91 Å².